The minimum Gasteiger partial charge on any atom is -0.497 e. The van der Waals surface area contributed by atoms with E-state index in [2.05, 4.69) is 78.6 Å². The molecule has 0 unspecified atom stereocenters. The SMILES string of the molecule is C=C[C@@]12CCc3cc(OC)ccc3[C@H]1[C@@H](CCCCCC(=O)N(C)CCCC)C[C@]1(C)[C@@H](O[Si](C)(C)C(C)(C)C)CC[C@H]12. The van der Waals surface area contributed by atoms with E-state index in [1.165, 1.54) is 44.1 Å². The molecule has 1 aromatic carbocycles. The Hall–Kier alpha value is -1.59. The molecule has 4 rings (SSSR count). The molecule has 3 aliphatic carbocycles. The Balaban J connectivity index is 1.59. The van der Waals surface area contributed by atoms with Crippen molar-refractivity contribution in [3.05, 3.63) is 42.0 Å². The predicted octanol–water partition coefficient (Wildman–Crippen LogP) is 9.93. The van der Waals surface area contributed by atoms with Crippen LogP contribution in [0.2, 0.25) is 18.1 Å². The van der Waals surface area contributed by atoms with Gasteiger partial charge in [-0.2, -0.15) is 0 Å². The fraction of sp³-hybridized carbons (Fsp3) is 0.763. The Labute approximate surface area is 265 Å². The average Bonchev–Trinajstić information content (AvgIpc) is 3.29. The van der Waals surface area contributed by atoms with E-state index in [1.54, 1.807) is 12.7 Å². The summed E-state index contributed by atoms with van der Waals surface area (Å²) in [6.07, 6.45) is 16.0. The molecular weight excluding hydrogens is 547 g/mol. The molecule has 0 N–H and O–H groups in total. The molecule has 242 valence electrons. The number of ether oxygens (including phenoxy) is 1. The lowest BCUT2D eigenvalue weighted by molar-refractivity contribution is -0.130. The van der Waals surface area contributed by atoms with Gasteiger partial charge in [0.2, 0.25) is 5.91 Å². The van der Waals surface area contributed by atoms with E-state index in [1.807, 2.05) is 11.9 Å². The lowest BCUT2D eigenvalue weighted by atomic mass is 9.44. The minimum atomic E-state index is -1.90. The molecule has 0 aromatic heterocycles. The van der Waals surface area contributed by atoms with Crippen LogP contribution in [0, 0.1) is 22.7 Å². The molecule has 2 fully saturated rings. The number of hydrogen-bond donors (Lipinski definition) is 0. The number of rotatable bonds is 13. The highest BCUT2D eigenvalue weighted by Gasteiger charge is 2.64. The Kier molecular flexibility index (Phi) is 10.7. The van der Waals surface area contributed by atoms with E-state index in [0.717, 1.165) is 44.4 Å². The number of aryl methyl sites for hydroxylation is 1. The van der Waals surface area contributed by atoms with Gasteiger partial charge in [-0.1, -0.05) is 66.0 Å². The van der Waals surface area contributed by atoms with Crippen molar-refractivity contribution in [2.75, 3.05) is 20.7 Å². The van der Waals surface area contributed by atoms with Gasteiger partial charge in [-0.05, 0) is 121 Å². The number of unbranched alkanes of at least 4 members (excludes halogenated alkanes) is 3. The molecule has 0 spiro atoms. The van der Waals surface area contributed by atoms with E-state index in [4.69, 9.17) is 9.16 Å². The van der Waals surface area contributed by atoms with E-state index in [9.17, 15) is 4.79 Å². The number of hydrogen-bond acceptors (Lipinski definition) is 3. The van der Waals surface area contributed by atoms with Crippen molar-refractivity contribution >= 4 is 14.2 Å². The number of allylic oxidation sites excluding steroid dienone is 1. The molecule has 43 heavy (non-hydrogen) atoms. The number of fused-ring (bicyclic) bond motifs is 5. The van der Waals surface area contributed by atoms with Crippen molar-refractivity contribution in [2.24, 2.45) is 22.7 Å². The maximum absolute atomic E-state index is 12.7. The van der Waals surface area contributed by atoms with Gasteiger partial charge in [0.15, 0.2) is 8.32 Å². The zero-order valence-corrected chi connectivity index (χ0v) is 30.2. The van der Waals surface area contributed by atoms with Gasteiger partial charge in [0, 0.05) is 20.0 Å². The molecule has 1 amide bonds. The highest BCUT2D eigenvalue weighted by Crippen LogP contribution is 2.70. The van der Waals surface area contributed by atoms with E-state index >= 15 is 0 Å². The van der Waals surface area contributed by atoms with E-state index in [-0.39, 0.29) is 15.9 Å². The normalized spacial score (nSPS) is 30.3. The third kappa shape index (κ3) is 6.69. The van der Waals surface area contributed by atoms with Crippen molar-refractivity contribution in [1.29, 1.82) is 0 Å². The summed E-state index contributed by atoms with van der Waals surface area (Å²) in [4.78, 5) is 14.6. The van der Waals surface area contributed by atoms with Gasteiger partial charge >= 0.3 is 0 Å². The first-order valence-corrected chi connectivity index (χ1v) is 20.4. The quantitative estimate of drug-likeness (QED) is 0.127. The van der Waals surface area contributed by atoms with Gasteiger partial charge < -0.3 is 14.1 Å². The standard InChI is InChI=1S/C38H63NO3Si/c1-11-13-25-39(7)34(40)18-16-14-15-17-29-27-37(6)32(21-22-33(37)42-43(9,10)36(3,4)5)38(12-2)24-23-28-26-30(41-8)19-20-31(28)35(29)38/h12,19-20,26,29,32-33,35H,2,11,13-18,21-25,27H2,1,3-10H3/t29-,32+,33-,35+,37-,38-/m0/s1. The van der Waals surface area contributed by atoms with Crippen molar-refractivity contribution in [2.45, 2.75) is 142 Å². The summed E-state index contributed by atoms with van der Waals surface area (Å²) in [7, 11) is 1.84. The lowest BCUT2D eigenvalue weighted by Crippen LogP contribution is -2.56. The van der Waals surface area contributed by atoms with Crippen molar-refractivity contribution in [1.82, 2.24) is 4.90 Å². The van der Waals surface area contributed by atoms with Crippen molar-refractivity contribution in [3.8, 4) is 5.75 Å². The van der Waals surface area contributed by atoms with Crippen LogP contribution in [-0.4, -0.2) is 45.9 Å². The number of nitrogens with zero attached hydrogens (tertiary/aromatic N) is 1. The van der Waals surface area contributed by atoms with Crippen molar-refractivity contribution < 1.29 is 14.0 Å². The highest BCUT2D eigenvalue weighted by molar-refractivity contribution is 6.74. The maximum atomic E-state index is 12.7. The summed E-state index contributed by atoms with van der Waals surface area (Å²) in [5.41, 5.74) is 3.28. The number of amides is 1. The Morgan fingerprint density at radius 1 is 1.16 bits per heavy atom. The largest absolute Gasteiger partial charge is 0.497 e. The van der Waals surface area contributed by atoms with Crippen LogP contribution in [0.3, 0.4) is 0 Å². The number of benzene rings is 1. The Bertz CT molecular complexity index is 1120. The summed E-state index contributed by atoms with van der Waals surface area (Å²) in [6, 6.07) is 6.86. The van der Waals surface area contributed by atoms with E-state index < -0.39 is 8.32 Å². The summed E-state index contributed by atoms with van der Waals surface area (Å²) in [5.74, 6) is 2.95. The molecule has 0 heterocycles. The number of carbonyl (C=O) groups excluding carboxylic acids is 1. The maximum Gasteiger partial charge on any atom is 0.222 e. The van der Waals surface area contributed by atoms with Crippen LogP contribution in [0.1, 0.15) is 122 Å². The summed E-state index contributed by atoms with van der Waals surface area (Å²) in [6.45, 7) is 22.2. The third-order valence-corrected chi connectivity index (χ3v) is 17.0. The van der Waals surface area contributed by atoms with Crippen LogP contribution in [0.5, 0.6) is 5.75 Å². The van der Waals surface area contributed by atoms with Gasteiger partial charge in [-0.3, -0.25) is 4.79 Å². The molecule has 0 aliphatic heterocycles. The molecule has 0 saturated heterocycles. The topological polar surface area (TPSA) is 38.8 Å². The molecule has 1 aromatic rings. The molecular formula is C38H63NO3Si. The second kappa shape index (κ2) is 13.4. The van der Waals surface area contributed by atoms with Gasteiger partial charge in [0.05, 0.1) is 13.2 Å². The third-order valence-electron chi connectivity index (χ3n) is 12.5. The second-order valence-electron chi connectivity index (χ2n) is 16.1. The van der Waals surface area contributed by atoms with E-state index in [0.29, 0.717) is 36.2 Å². The molecule has 3 aliphatic rings. The Morgan fingerprint density at radius 3 is 2.56 bits per heavy atom. The summed E-state index contributed by atoms with van der Waals surface area (Å²) in [5, 5.41) is 0.207. The van der Waals surface area contributed by atoms with Crippen LogP contribution >= 0.6 is 0 Å². The monoisotopic (exact) mass is 609 g/mol. The second-order valence-corrected chi connectivity index (χ2v) is 20.9. The zero-order valence-electron chi connectivity index (χ0n) is 29.2. The average molecular weight is 610 g/mol. The summed E-state index contributed by atoms with van der Waals surface area (Å²) < 4.78 is 13.0. The smallest absolute Gasteiger partial charge is 0.222 e. The zero-order chi connectivity index (χ0) is 31.6. The van der Waals surface area contributed by atoms with Crippen LogP contribution in [0.25, 0.3) is 0 Å². The molecule has 4 nitrogen and oxygen atoms in total. The van der Waals surface area contributed by atoms with Crippen molar-refractivity contribution in [3.63, 3.8) is 0 Å². The fourth-order valence-corrected chi connectivity index (χ4v) is 10.5. The molecule has 2 saturated carbocycles. The van der Waals surface area contributed by atoms with Gasteiger partial charge in [0.1, 0.15) is 5.75 Å². The van der Waals surface area contributed by atoms with Crippen LogP contribution in [0.4, 0.5) is 0 Å². The molecule has 5 heteroatoms. The molecule has 0 bridgehead atoms. The van der Waals surface area contributed by atoms with Crippen LogP contribution < -0.4 is 4.74 Å². The van der Waals surface area contributed by atoms with Crippen LogP contribution in [0.15, 0.2) is 30.9 Å². The fourth-order valence-electron chi connectivity index (χ4n) is 9.09. The number of carbonyl (C=O) groups is 1. The lowest BCUT2D eigenvalue weighted by Gasteiger charge is -2.61. The summed E-state index contributed by atoms with van der Waals surface area (Å²) >= 11 is 0. The first-order valence-electron chi connectivity index (χ1n) is 17.5. The first kappa shape index (κ1) is 34.3. The first-order chi connectivity index (χ1) is 20.2. The molecule has 0 radical (unpaired) electrons. The van der Waals surface area contributed by atoms with Gasteiger partial charge in [0.25, 0.3) is 0 Å². The minimum absolute atomic E-state index is 0.1000. The highest BCUT2D eigenvalue weighted by atomic mass is 28.4. The number of methoxy groups -OCH3 is 1. The van der Waals surface area contributed by atoms with Gasteiger partial charge in [-0.15, -0.1) is 6.58 Å². The molecule has 6 atom stereocenters. The van der Waals surface area contributed by atoms with Crippen LogP contribution in [-0.2, 0) is 15.6 Å². The van der Waals surface area contributed by atoms with Gasteiger partial charge in [-0.25, -0.2) is 0 Å². The predicted molar refractivity (Wildman–Crippen MR) is 183 cm³/mol. The Morgan fingerprint density at radius 2 is 1.91 bits per heavy atom.